The maximum absolute atomic E-state index is 12.2. The van der Waals surface area contributed by atoms with Crippen molar-refractivity contribution in [2.45, 2.75) is 57.5 Å². The maximum atomic E-state index is 12.2. The molecule has 5 nitrogen and oxygen atoms in total. The number of rotatable bonds is 7. The van der Waals surface area contributed by atoms with E-state index in [1.54, 1.807) is 13.8 Å². The van der Waals surface area contributed by atoms with Gasteiger partial charge in [-0.1, -0.05) is 24.9 Å². The first-order valence-corrected chi connectivity index (χ1v) is 9.16. The normalized spacial score (nSPS) is 13.2. The minimum absolute atomic E-state index is 0.00242. The first kappa shape index (κ1) is 18.9. The summed E-state index contributed by atoms with van der Waals surface area (Å²) >= 11 is 6.03. The topological polar surface area (TPSA) is 75.3 Å². The van der Waals surface area contributed by atoms with Gasteiger partial charge in [0.05, 0.1) is 15.5 Å². The van der Waals surface area contributed by atoms with Gasteiger partial charge in [-0.3, -0.25) is 4.79 Å². The summed E-state index contributed by atoms with van der Waals surface area (Å²) in [7, 11) is -3.66. The average Bonchev–Trinajstić information content (AvgIpc) is 2.37. The molecule has 7 heteroatoms. The summed E-state index contributed by atoms with van der Waals surface area (Å²) in [6, 6.07) is 3.89. The van der Waals surface area contributed by atoms with Crippen LogP contribution in [0.5, 0.6) is 0 Å². The van der Waals surface area contributed by atoms with Gasteiger partial charge in [0, 0.05) is 12.1 Å². The molecule has 1 aromatic carbocycles. The average molecular weight is 347 g/mol. The van der Waals surface area contributed by atoms with Crippen LogP contribution in [0.25, 0.3) is 0 Å². The third kappa shape index (κ3) is 5.26. The molecule has 1 aromatic rings. The first-order chi connectivity index (χ1) is 10.2. The number of sulfonamides is 1. The fourth-order valence-corrected chi connectivity index (χ4v) is 3.51. The molecule has 0 heterocycles. The van der Waals surface area contributed by atoms with E-state index < -0.39 is 10.0 Å². The fourth-order valence-electron chi connectivity index (χ4n) is 2.03. The summed E-state index contributed by atoms with van der Waals surface area (Å²) < 4.78 is 26.8. The predicted molar refractivity (Wildman–Crippen MR) is 88.7 cm³/mol. The lowest BCUT2D eigenvalue weighted by atomic mass is 10.1. The minimum Gasteiger partial charge on any atom is -0.350 e. The summed E-state index contributed by atoms with van der Waals surface area (Å²) in [5, 5.41) is 3.05. The molecule has 0 bridgehead atoms. The largest absolute Gasteiger partial charge is 0.350 e. The van der Waals surface area contributed by atoms with Crippen molar-refractivity contribution in [3.63, 3.8) is 0 Å². The van der Waals surface area contributed by atoms with Gasteiger partial charge in [-0.15, -0.1) is 0 Å². The SMILES string of the molecule is CCCC(C)NC(=O)c1cc(S(=O)(=O)NC(C)C)ccc1Cl. The van der Waals surface area contributed by atoms with E-state index in [0.717, 1.165) is 12.8 Å². The van der Waals surface area contributed by atoms with Crippen LogP contribution in [0.2, 0.25) is 5.02 Å². The van der Waals surface area contributed by atoms with E-state index in [-0.39, 0.29) is 33.5 Å². The van der Waals surface area contributed by atoms with Crippen LogP contribution < -0.4 is 10.0 Å². The van der Waals surface area contributed by atoms with Crippen molar-refractivity contribution in [2.75, 3.05) is 0 Å². The van der Waals surface area contributed by atoms with Gasteiger partial charge in [0.1, 0.15) is 0 Å². The Morgan fingerprint density at radius 2 is 1.91 bits per heavy atom. The quantitative estimate of drug-likeness (QED) is 0.797. The zero-order valence-corrected chi connectivity index (χ0v) is 14.9. The van der Waals surface area contributed by atoms with Gasteiger partial charge in [-0.05, 0) is 45.4 Å². The van der Waals surface area contributed by atoms with Crippen LogP contribution >= 0.6 is 11.6 Å². The zero-order valence-electron chi connectivity index (χ0n) is 13.3. The molecule has 1 unspecified atom stereocenters. The summed E-state index contributed by atoms with van der Waals surface area (Å²) in [6.45, 7) is 7.39. The number of carbonyl (C=O) groups excluding carboxylic acids is 1. The van der Waals surface area contributed by atoms with Gasteiger partial charge in [-0.25, -0.2) is 13.1 Å². The Morgan fingerprint density at radius 3 is 2.45 bits per heavy atom. The van der Waals surface area contributed by atoms with Crippen LogP contribution in [0.3, 0.4) is 0 Å². The van der Waals surface area contributed by atoms with Crippen LogP contribution in [-0.2, 0) is 10.0 Å². The Hall–Kier alpha value is -1.11. The smallest absolute Gasteiger partial charge is 0.253 e. The molecule has 0 aliphatic rings. The summed E-state index contributed by atoms with van der Waals surface area (Å²) in [4.78, 5) is 12.3. The van der Waals surface area contributed by atoms with Gasteiger partial charge in [-0.2, -0.15) is 0 Å². The van der Waals surface area contributed by atoms with Crippen molar-refractivity contribution in [1.29, 1.82) is 0 Å². The molecular formula is C15H23ClN2O3S. The van der Waals surface area contributed by atoms with Crippen molar-refractivity contribution >= 4 is 27.5 Å². The molecule has 2 N–H and O–H groups in total. The number of hydrogen-bond donors (Lipinski definition) is 2. The molecule has 0 saturated heterocycles. The molecule has 1 rings (SSSR count). The monoisotopic (exact) mass is 346 g/mol. The third-order valence-electron chi connectivity index (χ3n) is 2.98. The number of benzene rings is 1. The van der Waals surface area contributed by atoms with Crippen molar-refractivity contribution < 1.29 is 13.2 Å². The molecule has 0 aliphatic carbocycles. The highest BCUT2D eigenvalue weighted by Crippen LogP contribution is 2.21. The van der Waals surface area contributed by atoms with Crippen LogP contribution in [0.15, 0.2) is 23.1 Å². The van der Waals surface area contributed by atoms with Crippen molar-refractivity contribution in [3.05, 3.63) is 28.8 Å². The van der Waals surface area contributed by atoms with Gasteiger partial charge in [0.2, 0.25) is 10.0 Å². The minimum atomic E-state index is -3.66. The standard InChI is InChI=1S/C15H23ClN2O3S/c1-5-6-11(4)17-15(19)13-9-12(7-8-14(13)16)22(20,21)18-10(2)3/h7-11,18H,5-6H2,1-4H3,(H,17,19). The summed E-state index contributed by atoms with van der Waals surface area (Å²) in [5.41, 5.74) is 0.163. The molecule has 1 amide bonds. The predicted octanol–water partition coefficient (Wildman–Crippen LogP) is 2.95. The second kappa shape index (κ2) is 7.94. The van der Waals surface area contributed by atoms with Crippen LogP contribution in [0.1, 0.15) is 50.9 Å². The van der Waals surface area contributed by atoms with Gasteiger partial charge in [0.15, 0.2) is 0 Å². The number of hydrogen-bond acceptors (Lipinski definition) is 3. The number of carbonyl (C=O) groups is 1. The van der Waals surface area contributed by atoms with Crippen LogP contribution in [0, 0.1) is 0 Å². The molecular weight excluding hydrogens is 324 g/mol. The molecule has 124 valence electrons. The van der Waals surface area contributed by atoms with Crippen molar-refractivity contribution in [1.82, 2.24) is 10.0 Å². The molecule has 1 atom stereocenters. The van der Waals surface area contributed by atoms with E-state index in [2.05, 4.69) is 10.0 Å². The number of nitrogens with one attached hydrogen (secondary N) is 2. The Labute approximate surface area is 137 Å². The lowest BCUT2D eigenvalue weighted by Gasteiger charge is -2.15. The second-order valence-corrected chi connectivity index (χ2v) is 7.70. The van der Waals surface area contributed by atoms with E-state index >= 15 is 0 Å². The van der Waals surface area contributed by atoms with Crippen molar-refractivity contribution in [2.24, 2.45) is 0 Å². The van der Waals surface area contributed by atoms with E-state index in [1.165, 1.54) is 18.2 Å². The van der Waals surface area contributed by atoms with Crippen LogP contribution in [0.4, 0.5) is 0 Å². The molecule has 0 fully saturated rings. The van der Waals surface area contributed by atoms with E-state index in [9.17, 15) is 13.2 Å². The molecule has 0 saturated carbocycles. The number of halogens is 1. The molecule has 0 aromatic heterocycles. The first-order valence-electron chi connectivity index (χ1n) is 7.30. The van der Waals surface area contributed by atoms with E-state index in [4.69, 9.17) is 11.6 Å². The Balaban J connectivity index is 3.07. The molecule has 0 radical (unpaired) electrons. The highest BCUT2D eigenvalue weighted by atomic mass is 35.5. The van der Waals surface area contributed by atoms with Crippen molar-refractivity contribution in [3.8, 4) is 0 Å². The number of amides is 1. The molecule has 0 spiro atoms. The maximum Gasteiger partial charge on any atom is 0.253 e. The summed E-state index contributed by atoms with van der Waals surface area (Å²) in [6.07, 6.45) is 1.79. The third-order valence-corrected chi connectivity index (χ3v) is 4.97. The van der Waals surface area contributed by atoms with Gasteiger partial charge in [0.25, 0.3) is 5.91 Å². The van der Waals surface area contributed by atoms with Crippen LogP contribution in [-0.4, -0.2) is 26.4 Å². The lowest BCUT2D eigenvalue weighted by molar-refractivity contribution is 0.0938. The fraction of sp³-hybridized carbons (Fsp3) is 0.533. The highest BCUT2D eigenvalue weighted by molar-refractivity contribution is 7.89. The van der Waals surface area contributed by atoms with E-state index in [0.29, 0.717) is 0 Å². The van der Waals surface area contributed by atoms with Gasteiger partial charge >= 0.3 is 0 Å². The molecule has 22 heavy (non-hydrogen) atoms. The molecule has 0 aliphatic heterocycles. The Morgan fingerprint density at radius 1 is 1.27 bits per heavy atom. The Bertz CT molecular complexity index is 630. The lowest BCUT2D eigenvalue weighted by Crippen LogP contribution is -2.33. The zero-order chi connectivity index (χ0) is 16.9. The Kier molecular flexibility index (Phi) is 6.84. The summed E-state index contributed by atoms with van der Waals surface area (Å²) in [5.74, 6) is -0.368. The second-order valence-electron chi connectivity index (χ2n) is 5.58. The van der Waals surface area contributed by atoms with Gasteiger partial charge < -0.3 is 5.32 Å². The highest BCUT2D eigenvalue weighted by Gasteiger charge is 2.20. The van der Waals surface area contributed by atoms with E-state index in [1.807, 2.05) is 13.8 Å².